The average molecular weight is 288 g/mol. The van der Waals surface area contributed by atoms with Crippen LogP contribution in [0.5, 0.6) is 0 Å². The topological polar surface area (TPSA) is 46.3 Å². The highest BCUT2D eigenvalue weighted by Crippen LogP contribution is 2.34. The van der Waals surface area contributed by atoms with Gasteiger partial charge in [-0.3, -0.25) is 4.79 Å². The first-order chi connectivity index (χ1) is 9.86. The number of nitrogen functional groups attached to an aromatic ring is 1. The van der Waals surface area contributed by atoms with Gasteiger partial charge in [0.2, 0.25) is 5.91 Å². The number of hydrogen-bond acceptors (Lipinski definition) is 2. The molecule has 1 fully saturated rings. The predicted octanol–water partition coefficient (Wildman–Crippen LogP) is 3.49. The van der Waals surface area contributed by atoms with Gasteiger partial charge in [-0.2, -0.15) is 0 Å². The van der Waals surface area contributed by atoms with E-state index in [0.29, 0.717) is 11.8 Å². The second kappa shape index (κ2) is 6.50. The van der Waals surface area contributed by atoms with Gasteiger partial charge in [0.25, 0.3) is 0 Å². The number of benzene rings is 1. The Bertz CT molecular complexity index is 482. The van der Waals surface area contributed by atoms with E-state index in [1.165, 1.54) is 0 Å². The number of nitrogens with two attached hydrogens (primary N) is 1. The zero-order valence-electron chi connectivity index (χ0n) is 13.6. The molecule has 0 atom stereocenters. The molecule has 1 aromatic carbocycles. The Labute approximate surface area is 128 Å². The van der Waals surface area contributed by atoms with Crippen molar-refractivity contribution < 1.29 is 4.79 Å². The second-order valence-corrected chi connectivity index (χ2v) is 7.27. The molecular weight excluding hydrogens is 260 g/mol. The van der Waals surface area contributed by atoms with Gasteiger partial charge in [-0.25, -0.2) is 0 Å². The van der Waals surface area contributed by atoms with Crippen LogP contribution in [-0.2, 0) is 11.2 Å². The summed E-state index contributed by atoms with van der Waals surface area (Å²) in [5.41, 5.74) is 8.04. The Morgan fingerprint density at radius 2 is 1.95 bits per heavy atom. The summed E-state index contributed by atoms with van der Waals surface area (Å²) < 4.78 is 0. The van der Waals surface area contributed by atoms with Gasteiger partial charge in [0.1, 0.15) is 0 Å². The number of aryl methyl sites for hydroxylation is 1. The summed E-state index contributed by atoms with van der Waals surface area (Å²) in [6, 6.07) is 7.82. The summed E-state index contributed by atoms with van der Waals surface area (Å²) in [6.45, 7) is 8.73. The Morgan fingerprint density at radius 3 is 2.52 bits per heavy atom. The number of hydrogen-bond donors (Lipinski definition) is 1. The largest absolute Gasteiger partial charge is 0.399 e. The molecule has 21 heavy (non-hydrogen) atoms. The first kappa shape index (κ1) is 15.9. The molecule has 1 aliphatic heterocycles. The molecule has 0 unspecified atom stereocenters. The SMILES string of the molecule is CC(C)(C)C1CCN(C(=O)CCc2cccc(N)c2)CC1. The number of carbonyl (C=O) groups is 1. The molecular formula is C18H28N2O. The van der Waals surface area contributed by atoms with E-state index in [2.05, 4.69) is 20.8 Å². The summed E-state index contributed by atoms with van der Waals surface area (Å²) in [4.78, 5) is 14.3. The smallest absolute Gasteiger partial charge is 0.222 e. The van der Waals surface area contributed by atoms with Crippen LogP contribution in [0.25, 0.3) is 0 Å². The number of likely N-dealkylation sites (tertiary alicyclic amines) is 1. The van der Waals surface area contributed by atoms with Crippen molar-refractivity contribution in [2.24, 2.45) is 11.3 Å². The molecule has 1 saturated heterocycles. The summed E-state index contributed by atoms with van der Waals surface area (Å²) in [7, 11) is 0. The van der Waals surface area contributed by atoms with E-state index in [-0.39, 0.29) is 5.91 Å². The van der Waals surface area contributed by atoms with Crippen LogP contribution in [0.15, 0.2) is 24.3 Å². The third-order valence-electron chi connectivity index (χ3n) is 4.65. The van der Waals surface area contributed by atoms with Gasteiger partial charge in [-0.1, -0.05) is 32.9 Å². The van der Waals surface area contributed by atoms with Gasteiger partial charge in [-0.15, -0.1) is 0 Å². The maximum Gasteiger partial charge on any atom is 0.222 e. The van der Waals surface area contributed by atoms with Crippen molar-refractivity contribution >= 4 is 11.6 Å². The fourth-order valence-corrected chi connectivity index (χ4v) is 3.15. The van der Waals surface area contributed by atoms with Crippen molar-refractivity contribution in [1.29, 1.82) is 0 Å². The molecule has 1 heterocycles. The fourth-order valence-electron chi connectivity index (χ4n) is 3.15. The van der Waals surface area contributed by atoms with E-state index < -0.39 is 0 Å². The van der Waals surface area contributed by atoms with E-state index in [0.717, 1.165) is 49.5 Å². The molecule has 0 aliphatic carbocycles. The molecule has 1 amide bonds. The molecule has 0 spiro atoms. The highest BCUT2D eigenvalue weighted by atomic mass is 16.2. The summed E-state index contributed by atoms with van der Waals surface area (Å²) in [6.07, 6.45) is 3.63. The maximum absolute atomic E-state index is 12.3. The van der Waals surface area contributed by atoms with Crippen LogP contribution in [0.4, 0.5) is 5.69 Å². The molecule has 0 saturated carbocycles. The van der Waals surface area contributed by atoms with Crippen molar-refractivity contribution in [2.45, 2.75) is 46.5 Å². The molecule has 1 aliphatic rings. The minimum absolute atomic E-state index is 0.282. The van der Waals surface area contributed by atoms with Crippen molar-refractivity contribution in [1.82, 2.24) is 4.90 Å². The number of carbonyl (C=O) groups excluding carboxylic acids is 1. The van der Waals surface area contributed by atoms with Crippen molar-refractivity contribution in [3.05, 3.63) is 29.8 Å². The van der Waals surface area contributed by atoms with Gasteiger partial charge in [0.15, 0.2) is 0 Å². The Morgan fingerprint density at radius 1 is 1.29 bits per heavy atom. The predicted molar refractivity (Wildman–Crippen MR) is 87.9 cm³/mol. The highest BCUT2D eigenvalue weighted by molar-refractivity contribution is 5.76. The lowest BCUT2D eigenvalue weighted by molar-refractivity contribution is -0.133. The standard InChI is InChI=1S/C18H28N2O/c1-18(2,3)15-9-11-20(12-10-15)17(21)8-7-14-5-4-6-16(19)13-14/h4-6,13,15H,7-12,19H2,1-3H3. The van der Waals surface area contributed by atoms with Crippen molar-refractivity contribution in [3.63, 3.8) is 0 Å². The van der Waals surface area contributed by atoms with Gasteiger partial charge < -0.3 is 10.6 Å². The molecule has 0 aromatic heterocycles. The van der Waals surface area contributed by atoms with Crippen LogP contribution in [0, 0.1) is 11.3 Å². The van der Waals surface area contributed by atoms with Crippen LogP contribution in [0.2, 0.25) is 0 Å². The number of nitrogens with zero attached hydrogens (tertiary/aromatic N) is 1. The molecule has 116 valence electrons. The quantitative estimate of drug-likeness (QED) is 0.865. The number of piperidine rings is 1. The van der Waals surface area contributed by atoms with Crippen molar-refractivity contribution in [3.8, 4) is 0 Å². The number of amides is 1. The van der Waals surface area contributed by atoms with E-state index >= 15 is 0 Å². The number of rotatable bonds is 3. The monoisotopic (exact) mass is 288 g/mol. The number of anilines is 1. The minimum Gasteiger partial charge on any atom is -0.399 e. The van der Waals surface area contributed by atoms with Crippen LogP contribution < -0.4 is 5.73 Å². The summed E-state index contributed by atoms with van der Waals surface area (Å²) in [5.74, 6) is 1.01. The Balaban J connectivity index is 1.80. The fraction of sp³-hybridized carbons (Fsp3) is 0.611. The molecule has 3 nitrogen and oxygen atoms in total. The Hall–Kier alpha value is -1.51. The van der Waals surface area contributed by atoms with Crippen molar-refractivity contribution in [2.75, 3.05) is 18.8 Å². The summed E-state index contributed by atoms with van der Waals surface area (Å²) in [5, 5.41) is 0. The molecule has 0 bridgehead atoms. The van der Waals surface area contributed by atoms with E-state index in [1.54, 1.807) is 0 Å². The zero-order valence-corrected chi connectivity index (χ0v) is 13.6. The van der Waals surface area contributed by atoms with Crippen LogP contribution >= 0.6 is 0 Å². The van der Waals surface area contributed by atoms with Gasteiger partial charge in [0.05, 0.1) is 0 Å². The van der Waals surface area contributed by atoms with Gasteiger partial charge >= 0.3 is 0 Å². The molecule has 1 aromatic rings. The Kier molecular flexibility index (Phi) is 4.92. The van der Waals surface area contributed by atoms with Crippen LogP contribution in [-0.4, -0.2) is 23.9 Å². The highest BCUT2D eigenvalue weighted by Gasteiger charge is 2.30. The zero-order chi connectivity index (χ0) is 15.5. The van der Waals surface area contributed by atoms with E-state index in [9.17, 15) is 4.79 Å². The third kappa shape index (κ3) is 4.48. The normalized spacial score (nSPS) is 17.0. The minimum atomic E-state index is 0.282. The third-order valence-corrected chi connectivity index (χ3v) is 4.65. The first-order valence-corrected chi connectivity index (χ1v) is 7.98. The maximum atomic E-state index is 12.3. The lowest BCUT2D eigenvalue weighted by Gasteiger charge is -2.38. The first-order valence-electron chi connectivity index (χ1n) is 7.98. The lowest BCUT2D eigenvalue weighted by Crippen LogP contribution is -2.41. The van der Waals surface area contributed by atoms with E-state index in [4.69, 9.17) is 5.73 Å². The summed E-state index contributed by atoms with van der Waals surface area (Å²) >= 11 is 0. The molecule has 2 N–H and O–H groups in total. The molecule has 3 heteroatoms. The van der Waals surface area contributed by atoms with Crippen LogP contribution in [0.3, 0.4) is 0 Å². The lowest BCUT2D eigenvalue weighted by atomic mass is 9.75. The second-order valence-electron chi connectivity index (χ2n) is 7.27. The van der Waals surface area contributed by atoms with E-state index in [1.807, 2.05) is 29.2 Å². The van der Waals surface area contributed by atoms with Gasteiger partial charge in [-0.05, 0) is 48.3 Å². The molecule has 2 rings (SSSR count). The average Bonchev–Trinajstić information content (AvgIpc) is 2.44. The van der Waals surface area contributed by atoms with Gasteiger partial charge in [0, 0.05) is 25.2 Å². The molecule has 0 radical (unpaired) electrons. The van der Waals surface area contributed by atoms with Crippen LogP contribution in [0.1, 0.15) is 45.6 Å².